The van der Waals surface area contributed by atoms with Gasteiger partial charge in [0.15, 0.2) is 4.80 Å². The Bertz CT molecular complexity index is 2230. The van der Waals surface area contributed by atoms with Gasteiger partial charge < -0.3 is 13.6 Å². The lowest BCUT2D eigenvalue weighted by Gasteiger charge is -2.22. The number of esters is 1. The SMILES string of the molecule is CCOC(=O)C1=C(C)N=c2s/c(=C\c3ccc(-c4cc([N+](=O)[O-])ccc4Cl)o3)c(=O)n2[C@H]1c1ccc(-c2ccc(Cl)c(Cl)c2)o1. The predicted octanol–water partition coefficient (Wildman–Crippen LogP) is 7.19. The zero-order valence-corrected chi connectivity index (χ0v) is 26.5. The van der Waals surface area contributed by atoms with Crippen LogP contribution >= 0.6 is 46.1 Å². The van der Waals surface area contributed by atoms with Gasteiger partial charge in [-0.25, -0.2) is 9.79 Å². The minimum atomic E-state index is -0.977. The third-order valence-electron chi connectivity index (χ3n) is 6.94. The number of carbonyl (C=O) groups is 1. The molecule has 1 aliphatic heterocycles. The maximum atomic E-state index is 13.9. The third-order valence-corrected chi connectivity index (χ3v) is 9.00. The van der Waals surface area contributed by atoms with Crippen LogP contribution in [0.4, 0.5) is 5.69 Å². The molecule has 4 heterocycles. The average molecular weight is 685 g/mol. The lowest BCUT2D eigenvalue weighted by Crippen LogP contribution is -2.39. The monoisotopic (exact) mass is 683 g/mol. The normalized spacial score (nSPS) is 14.8. The zero-order valence-electron chi connectivity index (χ0n) is 23.4. The van der Waals surface area contributed by atoms with Crippen LogP contribution in [0.2, 0.25) is 15.1 Å². The molecule has 14 heteroatoms. The minimum Gasteiger partial charge on any atom is -0.463 e. The van der Waals surface area contributed by atoms with E-state index in [1.165, 1.54) is 28.8 Å². The topological polar surface area (TPSA) is 130 Å². The molecule has 228 valence electrons. The van der Waals surface area contributed by atoms with Crippen LogP contribution in [0.25, 0.3) is 28.7 Å². The Morgan fingerprint density at radius 3 is 2.53 bits per heavy atom. The van der Waals surface area contributed by atoms with Crippen molar-refractivity contribution in [3.63, 3.8) is 0 Å². The highest BCUT2D eigenvalue weighted by molar-refractivity contribution is 7.07. The van der Waals surface area contributed by atoms with Crippen LogP contribution in [-0.2, 0) is 9.53 Å². The van der Waals surface area contributed by atoms with Crippen LogP contribution in [-0.4, -0.2) is 22.1 Å². The highest BCUT2D eigenvalue weighted by Crippen LogP contribution is 2.36. The van der Waals surface area contributed by atoms with Crippen LogP contribution in [0.1, 0.15) is 31.4 Å². The van der Waals surface area contributed by atoms with Crippen molar-refractivity contribution in [2.75, 3.05) is 6.61 Å². The van der Waals surface area contributed by atoms with Crippen molar-refractivity contribution in [3.8, 4) is 22.6 Å². The van der Waals surface area contributed by atoms with E-state index in [0.717, 1.165) is 11.3 Å². The summed E-state index contributed by atoms with van der Waals surface area (Å²) in [5, 5.41) is 12.3. The van der Waals surface area contributed by atoms with Gasteiger partial charge in [-0.2, -0.15) is 0 Å². The Balaban J connectivity index is 1.45. The molecule has 0 spiro atoms. The van der Waals surface area contributed by atoms with E-state index >= 15 is 0 Å². The number of nitrogens with zero attached hydrogens (tertiary/aromatic N) is 3. The highest BCUT2D eigenvalue weighted by Gasteiger charge is 2.35. The fourth-order valence-corrected chi connectivity index (χ4v) is 6.42. The molecule has 0 saturated heterocycles. The molecule has 3 aromatic heterocycles. The molecule has 45 heavy (non-hydrogen) atoms. The first kappa shape index (κ1) is 30.6. The molecule has 0 saturated carbocycles. The summed E-state index contributed by atoms with van der Waals surface area (Å²) in [4.78, 5) is 42.8. The largest absolute Gasteiger partial charge is 0.463 e. The second-order valence-electron chi connectivity index (χ2n) is 9.76. The van der Waals surface area contributed by atoms with Gasteiger partial charge in [0.05, 0.1) is 42.4 Å². The lowest BCUT2D eigenvalue weighted by atomic mass is 10.0. The molecule has 0 fully saturated rings. The smallest absolute Gasteiger partial charge is 0.338 e. The van der Waals surface area contributed by atoms with E-state index in [9.17, 15) is 19.7 Å². The van der Waals surface area contributed by atoms with Crippen molar-refractivity contribution in [1.82, 2.24) is 4.57 Å². The number of aromatic nitrogens is 1. The fourth-order valence-electron chi connectivity index (χ4n) is 4.89. The van der Waals surface area contributed by atoms with Crippen molar-refractivity contribution < 1.29 is 23.3 Å². The first-order chi connectivity index (χ1) is 21.5. The number of hydrogen-bond donors (Lipinski definition) is 0. The number of halogens is 3. The van der Waals surface area contributed by atoms with Crippen LogP contribution in [0.15, 0.2) is 90.6 Å². The lowest BCUT2D eigenvalue weighted by molar-refractivity contribution is -0.384. The third kappa shape index (κ3) is 5.75. The summed E-state index contributed by atoms with van der Waals surface area (Å²) in [7, 11) is 0. The van der Waals surface area contributed by atoms with E-state index in [4.69, 9.17) is 48.4 Å². The quantitative estimate of drug-likeness (QED) is 0.101. The first-order valence-electron chi connectivity index (χ1n) is 13.3. The molecule has 0 aliphatic carbocycles. The average Bonchev–Trinajstić information content (AvgIpc) is 3.74. The Morgan fingerprint density at radius 1 is 1.04 bits per heavy atom. The molecular weight excluding hydrogens is 665 g/mol. The number of allylic oxidation sites excluding steroid dienone is 1. The Labute approximate surface area is 273 Å². The molecule has 1 aliphatic rings. The maximum absolute atomic E-state index is 13.9. The summed E-state index contributed by atoms with van der Waals surface area (Å²) in [5.74, 6) is 0.713. The van der Waals surface area contributed by atoms with Gasteiger partial charge in [-0.1, -0.05) is 46.1 Å². The number of nitro groups is 1. The molecule has 0 N–H and O–H groups in total. The van der Waals surface area contributed by atoms with E-state index in [0.29, 0.717) is 49.0 Å². The second kappa shape index (κ2) is 12.2. The number of non-ortho nitro benzene ring substituents is 1. The number of benzene rings is 2. The molecule has 0 amide bonds. The van der Waals surface area contributed by atoms with Gasteiger partial charge in [-0.3, -0.25) is 19.5 Å². The van der Waals surface area contributed by atoms with Crippen molar-refractivity contribution in [3.05, 3.63) is 128 Å². The summed E-state index contributed by atoms with van der Waals surface area (Å²) in [6.45, 7) is 3.47. The number of furan rings is 2. The van der Waals surface area contributed by atoms with E-state index in [1.54, 1.807) is 56.3 Å². The first-order valence-corrected chi connectivity index (χ1v) is 15.3. The highest BCUT2D eigenvalue weighted by atomic mass is 35.5. The summed E-state index contributed by atoms with van der Waals surface area (Å²) in [6, 6.07) is 14.7. The Hall–Kier alpha value is -4.42. The Morgan fingerprint density at radius 2 is 1.80 bits per heavy atom. The van der Waals surface area contributed by atoms with Gasteiger partial charge in [0, 0.05) is 29.3 Å². The van der Waals surface area contributed by atoms with Crippen LogP contribution < -0.4 is 14.9 Å². The molecule has 0 radical (unpaired) electrons. The number of ether oxygens (including phenoxy) is 1. The van der Waals surface area contributed by atoms with Gasteiger partial charge in [0.2, 0.25) is 0 Å². The number of carbonyl (C=O) groups excluding carboxylic acids is 1. The second-order valence-corrected chi connectivity index (χ2v) is 12.0. The van der Waals surface area contributed by atoms with Crippen molar-refractivity contribution in [2.45, 2.75) is 19.9 Å². The van der Waals surface area contributed by atoms with E-state index < -0.39 is 22.5 Å². The number of hydrogen-bond acceptors (Lipinski definition) is 9. The van der Waals surface area contributed by atoms with Crippen molar-refractivity contribution >= 4 is 63.9 Å². The van der Waals surface area contributed by atoms with E-state index in [2.05, 4.69) is 4.99 Å². The molecule has 0 bridgehead atoms. The minimum absolute atomic E-state index is 0.120. The molecule has 0 unspecified atom stereocenters. The van der Waals surface area contributed by atoms with Crippen LogP contribution in [0.3, 0.4) is 0 Å². The summed E-state index contributed by atoms with van der Waals surface area (Å²) in [6.07, 6.45) is 1.53. The number of fused-ring (bicyclic) bond motifs is 1. The van der Waals surface area contributed by atoms with Gasteiger partial charge in [0.1, 0.15) is 29.1 Å². The van der Waals surface area contributed by atoms with Gasteiger partial charge in [0.25, 0.3) is 11.2 Å². The number of thiazole rings is 1. The summed E-state index contributed by atoms with van der Waals surface area (Å²) < 4.78 is 19.1. The predicted molar refractivity (Wildman–Crippen MR) is 170 cm³/mol. The molecule has 5 aromatic rings. The van der Waals surface area contributed by atoms with E-state index in [-0.39, 0.29) is 33.2 Å². The van der Waals surface area contributed by atoms with Crippen molar-refractivity contribution in [2.24, 2.45) is 4.99 Å². The van der Waals surface area contributed by atoms with Crippen molar-refractivity contribution in [1.29, 1.82) is 0 Å². The summed E-state index contributed by atoms with van der Waals surface area (Å²) in [5.41, 5.74) is 0.924. The van der Waals surface area contributed by atoms with Gasteiger partial charge >= 0.3 is 5.97 Å². The van der Waals surface area contributed by atoms with Gasteiger partial charge in [-0.15, -0.1) is 0 Å². The Kier molecular flexibility index (Phi) is 8.27. The molecule has 10 nitrogen and oxygen atoms in total. The van der Waals surface area contributed by atoms with Gasteiger partial charge in [-0.05, 0) is 62.4 Å². The fraction of sp³-hybridized carbons (Fsp3) is 0.129. The molecule has 6 rings (SSSR count). The zero-order chi connectivity index (χ0) is 32.0. The van der Waals surface area contributed by atoms with Crippen LogP contribution in [0, 0.1) is 10.1 Å². The summed E-state index contributed by atoms with van der Waals surface area (Å²) >= 11 is 19.7. The standard InChI is InChI=1S/C31H20Cl3N3O7S/c1-3-42-30(39)27-15(2)35-31-36(28(27)25-11-10-23(44-25)16-4-7-21(33)22(34)12-16)29(38)26(45-31)14-18-6-9-24(43-18)19-13-17(37(40)41)5-8-20(19)32/h4-14,28H,3H2,1-2H3/b26-14-/t28-/m0/s1. The maximum Gasteiger partial charge on any atom is 0.338 e. The molecular formula is C31H20Cl3N3O7S. The number of nitro benzene ring substituents is 1. The molecule has 1 atom stereocenters. The number of rotatable bonds is 7. The van der Waals surface area contributed by atoms with Crippen LogP contribution in [0.5, 0.6) is 0 Å². The molecule has 2 aromatic carbocycles. The van der Waals surface area contributed by atoms with E-state index in [1.807, 2.05) is 0 Å².